The largest absolute Gasteiger partial charge is 0.480 e. The van der Waals surface area contributed by atoms with E-state index in [1.165, 1.54) is 6.92 Å². The summed E-state index contributed by atoms with van der Waals surface area (Å²) in [7, 11) is 0. The number of nitrogens with two attached hydrogens (primary N) is 1. The summed E-state index contributed by atoms with van der Waals surface area (Å²) in [5, 5.41) is 16.6. The molecule has 0 aliphatic carbocycles. The van der Waals surface area contributed by atoms with Gasteiger partial charge in [-0.15, -0.1) is 0 Å². The summed E-state index contributed by atoms with van der Waals surface area (Å²) < 4.78 is 0. The zero-order chi connectivity index (χ0) is 6.73. The van der Waals surface area contributed by atoms with Crippen LogP contribution in [0.2, 0.25) is 0 Å². The number of carboxylic acids is 1. The molecule has 0 aromatic carbocycles. The monoisotopic (exact) mass is 226 g/mol. The van der Waals surface area contributed by atoms with Crippen LogP contribution in [-0.4, -0.2) is 28.3 Å². The van der Waals surface area contributed by atoms with Gasteiger partial charge in [0, 0.05) is 22.4 Å². The molecular weight excluding hydrogens is 218 g/mol. The molecule has 0 aromatic rings. The Balaban J connectivity index is 0. The normalized spacial score (nSPS) is 15.4. The summed E-state index contributed by atoms with van der Waals surface area (Å²) in [4.78, 5) is 9.86. The van der Waals surface area contributed by atoms with Gasteiger partial charge in [0.25, 0.3) is 0 Å². The number of carboxylic acid groups (broad SMARTS) is 1. The molecule has 0 aliphatic rings. The van der Waals surface area contributed by atoms with Crippen molar-refractivity contribution in [1.82, 2.24) is 0 Å². The Labute approximate surface area is 68.6 Å². The molecule has 0 aromatic heterocycles. The molecule has 0 aliphatic heterocycles. The summed E-state index contributed by atoms with van der Waals surface area (Å²) in [5.41, 5.74) is 4.91. The fourth-order valence-electron chi connectivity index (χ4n) is 0.206. The first-order valence-electron chi connectivity index (χ1n) is 2.22. The number of aliphatic hydroxyl groups is 1. The maximum absolute atomic E-state index is 9.86. The molecule has 0 spiro atoms. The first-order chi connectivity index (χ1) is 3.55. The van der Waals surface area contributed by atoms with E-state index in [9.17, 15) is 4.79 Å². The van der Waals surface area contributed by atoms with Crippen molar-refractivity contribution in [2.24, 2.45) is 5.73 Å². The van der Waals surface area contributed by atoms with Crippen LogP contribution in [0.15, 0.2) is 0 Å². The molecule has 0 unspecified atom stereocenters. The molecule has 4 N–H and O–H groups in total. The molecule has 5 heteroatoms. The molecular formula is C4H9AgNO3. The molecule has 0 saturated carbocycles. The van der Waals surface area contributed by atoms with E-state index < -0.39 is 18.1 Å². The minimum atomic E-state index is -1.18. The van der Waals surface area contributed by atoms with Crippen molar-refractivity contribution in [3.63, 3.8) is 0 Å². The minimum Gasteiger partial charge on any atom is -0.480 e. The van der Waals surface area contributed by atoms with Crippen LogP contribution in [0.25, 0.3) is 0 Å². The van der Waals surface area contributed by atoms with Gasteiger partial charge >= 0.3 is 5.97 Å². The molecule has 1 radical (unpaired) electrons. The molecule has 0 rings (SSSR count). The van der Waals surface area contributed by atoms with Gasteiger partial charge < -0.3 is 15.9 Å². The van der Waals surface area contributed by atoms with E-state index in [2.05, 4.69) is 0 Å². The molecule has 2 atom stereocenters. The van der Waals surface area contributed by atoms with E-state index in [0.717, 1.165) is 0 Å². The van der Waals surface area contributed by atoms with Crippen LogP contribution in [-0.2, 0) is 27.2 Å². The van der Waals surface area contributed by atoms with Gasteiger partial charge in [-0.3, -0.25) is 4.79 Å². The molecule has 0 heterocycles. The SMILES string of the molecule is C[C@@H](O)[C@H](N)C(=O)O.[Ag]. The van der Waals surface area contributed by atoms with Crippen LogP contribution >= 0.6 is 0 Å². The van der Waals surface area contributed by atoms with Gasteiger partial charge in [0.1, 0.15) is 6.04 Å². The average Bonchev–Trinajstić information content (AvgIpc) is 1.64. The van der Waals surface area contributed by atoms with Gasteiger partial charge in [0.05, 0.1) is 6.10 Å². The Morgan fingerprint density at radius 2 is 2.00 bits per heavy atom. The number of aliphatic hydroxyl groups excluding tert-OH is 1. The molecule has 9 heavy (non-hydrogen) atoms. The second kappa shape index (κ2) is 4.96. The number of rotatable bonds is 2. The Morgan fingerprint density at radius 1 is 1.67 bits per heavy atom. The third-order valence-electron chi connectivity index (χ3n) is 0.805. The Kier molecular flexibility index (Phi) is 6.54. The van der Waals surface area contributed by atoms with Crippen molar-refractivity contribution in [1.29, 1.82) is 0 Å². The Hall–Kier alpha value is 0.130. The first kappa shape index (κ1) is 11.9. The summed E-state index contributed by atoms with van der Waals surface area (Å²) in [6.07, 6.45) is -0.979. The van der Waals surface area contributed by atoms with E-state index in [-0.39, 0.29) is 22.4 Å². The first-order valence-corrected chi connectivity index (χ1v) is 2.22. The molecule has 0 fully saturated rings. The van der Waals surface area contributed by atoms with Gasteiger partial charge in [-0.25, -0.2) is 0 Å². The summed E-state index contributed by atoms with van der Waals surface area (Å²) in [6, 6.07) is -1.16. The van der Waals surface area contributed by atoms with E-state index in [1.807, 2.05) is 0 Å². The number of aliphatic carboxylic acids is 1. The molecule has 0 bridgehead atoms. The van der Waals surface area contributed by atoms with Crippen LogP contribution < -0.4 is 5.73 Å². The molecule has 0 amide bonds. The molecule has 0 saturated heterocycles. The van der Waals surface area contributed by atoms with E-state index >= 15 is 0 Å². The fraction of sp³-hybridized carbons (Fsp3) is 0.750. The third-order valence-corrected chi connectivity index (χ3v) is 0.805. The fourth-order valence-corrected chi connectivity index (χ4v) is 0.206. The minimum absolute atomic E-state index is 0. The smallest absolute Gasteiger partial charge is 0.323 e. The Bertz CT molecular complexity index is 95.8. The van der Waals surface area contributed by atoms with Crippen molar-refractivity contribution < 1.29 is 37.4 Å². The Morgan fingerprint density at radius 3 is 2.00 bits per heavy atom. The predicted molar refractivity (Wildman–Crippen MR) is 27.3 cm³/mol. The van der Waals surface area contributed by atoms with Crippen LogP contribution in [0, 0.1) is 0 Å². The molecule has 59 valence electrons. The second-order valence-corrected chi connectivity index (χ2v) is 1.60. The van der Waals surface area contributed by atoms with Crippen molar-refractivity contribution in [3.8, 4) is 0 Å². The standard InChI is InChI=1S/C4H9NO3.Ag/c1-2(6)3(5)4(7)8;/h2-3,6H,5H2,1H3,(H,7,8);/t2-,3+;/m1./s1. The van der Waals surface area contributed by atoms with Gasteiger partial charge in [0.15, 0.2) is 0 Å². The number of carbonyl (C=O) groups is 1. The number of hydrogen-bond donors (Lipinski definition) is 3. The van der Waals surface area contributed by atoms with Crippen LogP contribution in [0.4, 0.5) is 0 Å². The second-order valence-electron chi connectivity index (χ2n) is 1.60. The van der Waals surface area contributed by atoms with E-state index in [0.29, 0.717) is 0 Å². The van der Waals surface area contributed by atoms with Crippen molar-refractivity contribution in [2.75, 3.05) is 0 Å². The zero-order valence-electron chi connectivity index (χ0n) is 4.84. The van der Waals surface area contributed by atoms with Crippen molar-refractivity contribution >= 4 is 5.97 Å². The molecule has 4 nitrogen and oxygen atoms in total. The third kappa shape index (κ3) is 4.62. The zero-order valence-corrected chi connectivity index (χ0v) is 6.32. The number of hydrogen-bond acceptors (Lipinski definition) is 3. The quantitative estimate of drug-likeness (QED) is 0.516. The van der Waals surface area contributed by atoms with Gasteiger partial charge in [0.2, 0.25) is 0 Å². The predicted octanol–water partition coefficient (Wildman–Crippen LogP) is -1.22. The van der Waals surface area contributed by atoms with Gasteiger partial charge in [-0.1, -0.05) is 0 Å². The van der Waals surface area contributed by atoms with Crippen molar-refractivity contribution in [2.45, 2.75) is 19.1 Å². The summed E-state index contributed by atoms with van der Waals surface area (Å²) in [6.45, 7) is 1.33. The maximum atomic E-state index is 9.86. The van der Waals surface area contributed by atoms with E-state index in [4.69, 9.17) is 15.9 Å². The van der Waals surface area contributed by atoms with Crippen LogP contribution in [0.5, 0.6) is 0 Å². The van der Waals surface area contributed by atoms with Crippen molar-refractivity contribution in [3.05, 3.63) is 0 Å². The summed E-state index contributed by atoms with van der Waals surface area (Å²) in [5.74, 6) is -1.18. The maximum Gasteiger partial charge on any atom is 0.323 e. The average molecular weight is 227 g/mol. The van der Waals surface area contributed by atoms with E-state index in [1.54, 1.807) is 0 Å². The topological polar surface area (TPSA) is 83.5 Å². The van der Waals surface area contributed by atoms with Crippen LogP contribution in [0.3, 0.4) is 0 Å². The van der Waals surface area contributed by atoms with Gasteiger partial charge in [-0.2, -0.15) is 0 Å². The van der Waals surface area contributed by atoms with Gasteiger partial charge in [-0.05, 0) is 6.92 Å². The van der Waals surface area contributed by atoms with Crippen LogP contribution in [0.1, 0.15) is 6.92 Å². The summed E-state index contributed by atoms with van der Waals surface area (Å²) >= 11 is 0.